The number of aromatic nitrogens is 2. The normalized spacial score (nSPS) is 27.9. The fourth-order valence-electron chi connectivity index (χ4n) is 2.14. The third-order valence-corrected chi connectivity index (χ3v) is 2.97. The molecule has 2 N–H and O–H groups in total. The van der Waals surface area contributed by atoms with Gasteiger partial charge in [0.2, 0.25) is 5.89 Å². The second kappa shape index (κ2) is 4.09. The van der Waals surface area contributed by atoms with Gasteiger partial charge >= 0.3 is 0 Å². The summed E-state index contributed by atoms with van der Waals surface area (Å²) in [6, 6.07) is 0.316. The number of nitrogens with zero attached hydrogens (tertiary/aromatic N) is 2. The average Bonchev–Trinajstić information content (AvgIpc) is 2.56. The topological polar surface area (TPSA) is 64.9 Å². The molecule has 0 amide bonds. The van der Waals surface area contributed by atoms with Crippen LogP contribution < -0.4 is 5.73 Å². The molecule has 0 spiro atoms. The van der Waals surface area contributed by atoms with Gasteiger partial charge in [0.25, 0.3) is 0 Å². The van der Waals surface area contributed by atoms with Gasteiger partial charge in [0.05, 0.1) is 0 Å². The molecule has 1 fully saturated rings. The van der Waals surface area contributed by atoms with Crippen molar-refractivity contribution < 1.29 is 4.52 Å². The number of hydrogen-bond acceptors (Lipinski definition) is 4. The standard InChI is InChI=1S/C10H17N3O/c1-7-12-10(14-13-7)6-8-4-2-3-5-9(8)11/h8-9H,2-6,11H2,1H3. The lowest BCUT2D eigenvalue weighted by Gasteiger charge is -2.27. The van der Waals surface area contributed by atoms with E-state index in [-0.39, 0.29) is 0 Å². The van der Waals surface area contributed by atoms with Crippen molar-refractivity contribution in [2.24, 2.45) is 11.7 Å². The second-order valence-corrected chi connectivity index (χ2v) is 4.15. The summed E-state index contributed by atoms with van der Waals surface area (Å²) in [5.41, 5.74) is 6.04. The summed E-state index contributed by atoms with van der Waals surface area (Å²) in [6.45, 7) is 1.84. The smallest absolute Gasteiger partial charge is 0.226 e. The van der Waals surface area contributed by atoms with Gasteiger partial charge < -0.3 is 10.3 Å². The van der Waals surface area contributed by atoms with E-state index in [2.05, 4.69) is 10.1 Å². The van der Waals surface area contributed by atoms with Crippen LogP contribution in [0.4, 0.5) is 0 Å². The third kappa shape index (κ3) is 2.12. The van der Waals surface area contributed by atoms with Crippen LogP contribution in [0.1, 0.15) is 37.4 Å². The summed E-state index contributed by atoms with van der Waals surface area (Å²) in [5.74, 6) is 1.98. The maximum absolute atomic E-state index is 6.04. The number of aryl methyl sites for hydroxylation is 1. The van der Waals surface area contributed by atoms with Gasteiger partial charge in [0.15, 0.2) is 5.82 Å². The minimum atomic E-state index is 0.316. The van der Waals surface area contributed by atoms with Crippen molar-refractivity contribution in [1.29, 1.82) is 0 Å². The summed E-state index contributed by atoms with van der Waals surface area (Å²) in [6.07, 6.45) is 5.73. The highest BCUT2D eigenvalue weighted by atomic mass is 16.5. The highest BCUT2D eigenvalue weighted by Gasteiger charge is 2.23. The van der Waals surface area contributed by atoms with Crippen LogP contribution in [-0.4, -0.2) is 16.2 Å². The van der Waals surface area contributed by atoms with E-state index in [1.165, 1.54) is 19.3 Å². The quantitative estimate of drug-likeness (QED) is 0.775. The van der Waals surface area contributed by atoms with Crippen LogP contribution >= 0.6 is 0 Å². The zero-order chi connectivity index (χ0) is 9.97. The van der Waals surface area contributed by atoms with Gasteiger partial charge in [0, 0.05) is 12.5 Å². The van der Waals surface area contributed by atoms with Crippen LogP contribution in [0.2, 0.25) is 0 Å². The Morgan fingerprint density at radius 2 is 2.21 bits per heavy atom. The Morgan fingerprint density at radius 3 is 2.86 bits per heavy atom. The van der Waals surface area contributed by atoms with E-state index >= 15 is 0 Å². The van der Waals surface area contributed by atoms with Gasteiger partial charge in [-0.05, 0) is 25.7 Å². The predicted molar refractivity (Wildman–Crippen MR) is 52.7 cm³/mol. The summed E-state index contributed by atoms with van der Waals surface area (Å²) >= 11 is 0. The Bertz CT molecular complexity index is 297. The molecule has 0 bridgehead atoms. The molecule has 1 aliphatic rings. The monoisotopic (exact) mass is 195 g/mol. The maximum atomic E-state index is 6.04. The van der Waals surface area contributed by atoms with Gasteiger partial charge in [0.1, 0.15) is 0 Å². The molecule has 1 aromatic rings. The zero-order valence-electron chi connectivity index (χ0n) is 8.57. The van der Waals surface area contributed by atoms with Gasteiger partial charge in [-0.2, -0.15) is 4.98 Å². The second-order valence-electron chi connectivity index (χ2n) is 4.15. The molecule has 4 heteroatoms. The Balaban J connectivity index is 1.95. The molecule has 2 rings (SSSR count). The Morgan fingerprint density at radius 1 is 1.43 bits per heavy atom. The molecular weight excluding hydrogens is 178 g/mol. The van der Waals surface area contributed by atoms with Crippen molar-refractivity contribution in [3.8, 4) is 0 Å². The molecule has 14 heavy (non-hydrogen) atoms. The zero-order valence-corrected chi connectivity index (χ0v) is 8.57. The largest absolute Gasteiger partial charge is 0.339 e. The average molecular weight is 195 g/mol. The fourth-order valence-corrected chi connectivity index (χ4v) is 2.14. The minimum absolute atomic E-state index is 0.316. The molecule has 0 aliphatic heterocycles. The molecule has 2 atom stereocenters. The first-order valence-electron chi connectivity index (χ1n) is 5.30. The molecule has 1 saturated carbocycles. The highest BCUT2D eigenvalue weighted by Crippen LogP contribution is 2.25. The molecule has 0 radical (unpaired) electrons. The van der Waals surface area contributed by atoms with Gasteiger partial charge in [-0.15, -0.1) is 0 Å². The Kier molecular flexibility index (Phi) is 2.82. The Hall–Kier alpha value is -0.900. The van der Waals surface area contributed by atoms with Gasteiger partial charge in [-0.1, -0.05) is 18.0 Å². The van der Waals surface area contributed by atoms with E-state index in [0.717, 1.165) is 18.7 Å². The molecule has 0 saturated heterocycles. The fraction of sp³-hybridized carbons (Fsp3) is 0.800. The van der Waals surface area contributed by atoms with Gasteiger partial charge in [-0.3, -0.25) is 0 Å². The first-order valence-corrected chi connectivity index (χ1v) is 5.30. The lowest BCUT2D eigenvalue weighted by atomic mass is 9.83. The number of hydrogen-bond donors (Lipinski definition) is 1. The van der Waals surface area contributed by atoms with E-state index in [1.807, 2.05) is 6.92 Å². The summed E-state index contributed by atoms with van der Waals surface area (Å²) < 4.78 is 5.10. The molecule has 1 aromatic heterocycles. The molecular formula is C10H17N3O. The molecule has 1 heterocycles. The molecule has 4 nitrogen and oxygen atoms in total. The van der Waals surface area contributed by atoms with Crippen molar-refractivity contribution in [3.63, 3.8) is 0 Å². The SMILES string of the molecule is Cc1noc(CC2CCCCC2N)n1. The number of rotatable bonds is 2. The van der Waals surface area contributed by atoms with Crippen molar-refractivity contribution in [1.82, 2.24) is 10.1 Å². The van der Waals surface area contributed by atoms with Crippen LogP contribution in [0.5, 0.6) is 0 Å². The van der Waals surface area contributed by atoms with Gasteiger partial charge in [-0.25, -0.2) is 0 Å². The van der Waals surface area contributed by atoms with Crippen molar-refractivity contribution in [2.75, 3.05) is 0 Å². The molecule has 2 unspecified atom stereocenters. The van der Waals surface area contributed by atoms with E-state index in [9.17, 15) is 0 Å². The lowest BCUT2D eigenvalue weighted by molar-refractivity contribution is 0.273. The van der Waals surface area contributed by atoms with E-state index in [4.69, 9.17) is 10.3 Å². The summed E-state index contributed by atoms with van der Waals surface area (Å²) in [7, 11) is 0. The van der Waals surface area contributed by atoms with Crippen LogP contribution in [0.3, 0.4) is 0 Å². The minimum Gasteiger partial charge on any atom is -0.339 e. The number of nitrogens with two attached hydrogens (primary N) is 1. The maximum Gasteiger partial charge on any atom is 0.226 e. The van der Waals surface area contributed by atoms with Crippen LogP contribution in [0.25, 0.3) is 0 Å². The highest BCUT2D eigenvalue weighted by molar-refractivity contribution is 4.89. The lowest BCUT2D eigenvalue weighted by Crippen LogP contribution is -2.34. The first kappa shape index (κ1) is 9.65. The van der Waals surface area contributed by atoms with Crippen LogP contribution in [0, 0.1) is 12.8 Å². The summed E-state index contributed by atoms with van der Waals surface area (Å²) in [4.78, 5) is 4.21. The predicted octanol–water partition coefficient (Wildman–Crippen LogP) is 1.44. The molecule has 0 aromatic carbocycles. The molecule has 1 aliphatic carbocycles. The van der Waals surface area contributed by atoms with Crippen molar-refractivity contribution in [3.05, 3.63) is 11.7 Å². The van der Waals surface area contributed by atoms with Crippen LogP contribution in [0.15, 0.2) is 4.52 Å². The molecule has 78 valence electrons. The van der Waals surface area contributed by atoms with E-state index in [1.54, 1.807) is 0 Å². The van der Waals surface area contributed by atoms with Crippen molar-refractivity contribution >= 4 is 0 Å². The van der Waals surface area contributed by atoms with Crippen molar-refractivity contribution in [2.45, 2.75) is 45.1 Å². The summed E-state index contributed by atoms with van der Waals surface area (Å²) in [5, 5.41) is 3.78. The van der Waals surface area contributed by atoms with E-state index in [0.29, 0.717) is 17.8 Å². The van der Waals surface area contributed by atoms with E-state index < -0.39 is 0 Å². The Labute approximate surface area is 83.9 Å². The third-order valence-electron chi connectivity index (χ3n) is 2.97. The first-order chi connectivity index (χ1) is 6.75. The van der Waals surface area contributed by atoms with Crippen LogP contribution in [-0.2, 0) is 6.42 Å².